The van der Waals surface area contributed by atoms with Crippen molar-refractivity contribution in [1.82, 2.24) is 15.3 Å². The van der Waals surface area contributed by atoms with Crippen LogP contribution in [0.2, 0.25) is 0 Å². The fourth-order valence-electron chi connectivity index (χ4n) is 3.79. The highest BCUT2D eigenvalue weighted by molar-refractivity contribution is 5.95. The van der Waals surface area contributed by atoms with Gasteiger partial charge in [-0.25, -0.2) is 9.97 Å². The van der Waals surface area contributed by atoms with Crippen LogP contribution in [-0.4, -0.2) is 47.5 Å². The van der Waals surface area contributed by atoms with E-state index in [4.69, 9.17) is 0 Å². The normalized spacial score (nSPS) is 17.9. The Bertz CT molecular complexity index is 874. The first-order valence-electron chi connectivity index (χ1n) is 10.1. The van der Waals surface area contributed by atoms with Crippen molar-refractivity contribution in [3.05, 3.63) is 54.4 Å². The lowest BCUT2D eigenvalue weighted by molar-refractivity contribution is -0.118. The molecule has 3 heterocycles. The zero-order chi connectivity index (χ0) is 20.1. The van der Waals surface area contributed by atoms with Gasteiger partial charge in [0, 0.05) is 56.3 Å². The third-order valence-corrected chi connectivity index (χ3v) is 5.38. The highest BCUT2D eigenvalue weighted by Crippen LogP contribution is 2.22. The van der Waals surface area contributed by atoms with E-state index in [2.05, 4.69) is 20.2 Å². The average Bonchev–Trinajstić information content (AvgIpc) is 3.20. The van der Waals surface area contributed by atoms with E-state index in [-0.39, 0.29) is 17.9 Å². The number of carbonyl (C=O) groups excluding carboxylic acids is 2. The van der Waals surface area contributed by atoms with Crippen LogP contribution in [0.25, 0.3) is 6.08 Å². The van der Waals surface area contributed by atoms with Gasteiger partial charge in [0.1, 0.15) is 0 Å². The van der Waals surface area contributed by atoms with Gasteiger partial charge in [-0.05, 0) is 49.1 Å². The minimum absolute atomic E-state index is 0.0850. The largest absolute Gasteiger partial charge is 0.350 e. The maximum absolute atomic E-state index is 12.3. The first-order valence-corrected chi connectivity index (χ1v) is 10.1. The molecule has 7 heteroatoms. The van der Waals surface area contributed by atoms with Crippen molar-refractivity contribution in [3.63, 3.8) is 0 Å². The van der Waals surface area contributed by atoms with Crippen LogP contribution in [0.1, 0.15) is 31.2 Å². The van der Waals surface area contributed by atoms with Crippen LogP contribution >= 0.6 is 0 Å². The van der Waals surface area contributed by atoms with Gasteiger partial charge in [-0.3, -0.25) is 9.59 Å². The molecule has 1 N–H and O–H groups in total. The summed E-state index contributed by atoms with van der Waals surface area (Å²) in [7, 11) is 0. The summed E-state index contributed by atoms with van der Waals surface area (Å²) in [5.74, 6) is 0.840. The van der Waals surface area contributed by atoms with E-state index in [0.717, 1.165) is 56.1 Å². The van der Waals surface area contributed by atoms with Crippen molar-refractivity contribution in [2.24, 2.45) is 0 Å². The third kappa shape index (κ3) is 4.80. The van der Waals surface area contributed by atoms with Crippen LogP contribution < -0.4 is 15.1 Å². The van der Waals surface area contributed by atoms with Crippen LogP contribution in [0.3, 0.4) is 0 Å². The topological polar surface area (TPSA) is 78.4 Å². The monoisotopic (exact) mass is 391 g/mol. The number of nitrogens with one attached hydrogen (secondary N) is 1. The highest BCUT2D eigenvalue weighted by Gasteiger charge is 2.22. The number of nitrogens with zero attached hydrogens (tertiary/aromatic N) is 4. The van der Waals surface area contributed by atoms with Gasteiger partial charge >= 0.3 is 0 Å². The van der Waals surface area contributed by atoms with Gasteiger partial charge in [-0.15, -0.1) is 0 Å². The molecule has 2 saturated heterocycles. The number of amides is 2. The van der Waals surface area contributed by atoms with E-state index in [1.807, 2.05) is 35.2 Å². The first-order chi connectivity index (χ1) is 14.2. The predicted octanol–water partition coefficient (Wildman–Crippen LogP) is 2.40. The molecular formula is C22H25N5O2. The summed E-state index contributed by atoms with van der Waals surface area (Å²) in [6.07, 6.45) is 10.2. The molecular weight excluding hydrogens is 366 g/mol. The van der Waals surface area contributed by atoms with Gasteiger partial charge in [0.25, 0.3) is 0 Å². The Morgan fingerprint density at radius 2 is 1.79 bits per heavy atom. The Kier molecular flexibility index (Phi) is 5.84. The molecule has 0 radical (unpaired) electrons. The number of anilines is 2. The van der Waals surface area contributed by atoms with Gasteiger partial charge in [-0.1, -0.05) is 12.1 Å². The van der Waals surface area contributed by atoms with Gasteiger partial charge in [0.15, 0.2) is 0 Å². The molecule has 4 rings (SSSR count). The van der Waals surface area contributed by atoms with Gasteiger partial charge in [0.2, 0.25) is 17.8 Å². The van der Waals surface area contributed by atoms with Gasteiger partial charge < -0.3 is 15.1 Å². The third-order valence-electron chi connectivity index (χ3n) is 5.38. The SMILES string of the molecule is O=C(/C=C/c1ccc(N2CCCC2=O)cc1)NC1CCN(c2ncccn2)CC1. The minimum atomic E-state index is -0.0850. The fraction of sp³-hybridized carbons (Fsp3) is 0.364. The number of piperidine rings is 1. The molecule has 2 amide bonds. The van der Waals surface area contributed by atoms with Crippen molar-refractivity contribution >= 4 is 29.5 Å². The number of benzene rings is 1. The molecule has 0 atom stereocenters. The van der Waals surface area contributed by atoms with Gasteiger partial charge in [0.05, 0.1) is 0 Å². The average molecular weight is 391 g/mol. The standard InChI is InChI=1S/C22H25N5O2/c28-20(25-18-10-15-26(16-11-18)22-23-12-2-13-24-22)9-6-17-4-7-19(8-5-17)27-14-1-3-21(27)29/h2,4-9,12-13,18H,1,3,10-11,14-16H2,(H,25,28)/b9-6+. The molecule has 0 saturated carbocycles. The second-order valence-corrected chi connectivity index (χ2v) is 7.39. The second kappa shape index (κ2) is 8.86. The van der Waals surface area contributed by atoms with Crippen LogP contribution in [-0.2, 0) is 9.59 Å². The Hall–Kier alpha value is -3.22. The summed E-state index contributed by atoms with van der Waals surface area (Å²) < 4.78 is 0. The summed E-state index contributed by atoms with van der Waals surface area (Å²) in [5.41, 5.74) is 1.86. The molecule has 1 aromatic carbocycles. The smallest absolute Gasteiger partial charge is 0.244 e. The van der Waals surface area contributed by atoms with Crippen LogP contribution in [0.4, 0.5) is 11.6 Å². The molecule has 150 valence electrons. The second-order valence-electron chi connectivity index (χ2n) is 7.39. The molecule has 2 aromatic rings. The number of rotatable bonds is 5. The van der Waals surface area contributed by atoms with E-state index in [0.29, 0.717) is 6.42 Å². The zero-order valence-corrected chi connectivity index (χ0v) is 16.3. The number of carbonyl (C=O) groups is 2. The maximum atomic E-state index is 12.3. The van der Waals surface area contributed by atoms with Crippen molar-refractivity contribution in [2.45, 2.75) is 31.7 Å². The molecule has 1 aromatic heterocycles. The van der Waals surface area contributed by atoms with E-state index in [9.17, 15) is 9.59 Å². The molecule has 29 heavy (non-hydrogen) atoms. The van der Waals surface area contributed by atoms with Crippen LogP contribution in [0.15, 0.2) is 48.8 Å². The lowest BCUT2D eigenvalue weighted by Crippen LogP contribution is -2.44. The molecule has 0 unspecified atom stereocenters. The fourth-order valence-corrected chi connectivity index (χ4v) is 3.79. The molecule has 2 aliphatic rings. The molecule has 2 aliphatic heterocycles. The summed E-state index contributed by atoms with van der Waals surface area (Å²) in [6, 6.07) is 9.70. The van der Waals surface area contributed by atoms with Gasteiger partial charge in [-0.2, -0.15) is 0 Å². The number of hydrogen-bond donors (Lipinski definition) is 1. The predicted molar refractivity (Wildman–Crippen MR) is 112 cm³/mol. The van der Waals surface area contributed by atoms with Crippen LogP contribution in [0, 0.1) is 0 Å². The number of hydrogen-bond acceptors (Lipinski definition) is 5. The van der Waals surface area contributed by atoms with Crippen molar-refractivity contribution in [1.29, 1.82) is 0 Å². The molecule has 0 aliphatic carbocycles. The van der Waals surface area contributed by atoms with E-state index >= 15 is 0 Å². The van der Waals surface area contributed by atoms with E-state index in [1.54, 1.807) is 24.5 Å². The molecule has 0 spiro atoms. The molecule has 2 fully saturated rings. The lowest BCUT2D eigenvalue weighted by Gasteiger charge is -2.32. The summed E-state index contributed by atoms with van der Waals surface area (Å²) in [5, 5.41) is 3.08. The maximum Gasteiger partial charge on any atom is 0.244 e. The lowest BCUT2D eigenvalue weighted by atomic mass is 10.1. The highest BCUT2D eigenvalue weighted by atomic mass is 16.2. The Balaban J connectivity index is 1.25. The quantitative estimate of drug-likeness (QED) is 0.792. The zero-order valence-electron chi connectivity index (χ0n) is 16.3. The summed E-state index contributed by atoms with van der Waals surface area (Å²) in [6.45, 7) is 2.44. The number of aromatic nitrogens is 2. The van der Waals surface area contributed by atoms with E-state index < -0.39 is 0 Å². The van der Waals surface area contributed by atoms with Crippen LogP contribution in [0.5, 0.6) is 0 Å². The molecule has 0 bridgehead atoms. The first kappa shape index (κ1) is 19.1. The molecule has 7 nitrogen and oxygen atoms in total. The summed E-state index contributed by atoms with van der Waals surface area (Å²) in [4.78, 5) is 36.6. The Morgan fingerprint density at radius 1 is 1.07 bits per heavy atom. The van der Waals surface area contributed by atoms with Crippen molar-refractivity contribution in [2.75, 3.05) is 29.4 Å². The minimum Gasteiger partial charge on any atom is -0.350 e. The summed E-state index contributed by atoms with van der Waals surface area (Å²) >= 11 is 0. The Morgan fingerprint density at radius 3 is 2.45 bits per heavy atom. The van der Waals surface area contributed by atoms with Crippen molar-refractivity contribution < 1.29 is 9.59 Å². The Labute approximate surface area is 170 Å². The van der Waals surface area contributed by atoms with Crippen molar-refractivity contribution in [3.8, 4) is 0 Å². The van der Waals surface area contributed by atoms with E-state index in [1.165, 1.54) is 0 Å².